The van der Waals surface area contributed by atoms with Crippen molar-refractivity contribution in [1.82, 2.24) is 10.6 Å². The molecule has 0 radical (unpaired) electrons. The number of ether oxygens (including phenoxy) is 2. The van der Waals surface area contributed by atoms with Crippen molar-refractivity contribution in [2.45, 2.75) is 71.3 Å². The topological polar surface area (TPSA) is 54.9 Å². The second-order valence-electron chi connectivity index (χ2n) is 8.17. The Morgan fingerprint density at radius 3 is 2.48 bits per heavy atom. The van der Waals surface area contributed by atoms with Gasteiger partial charge in [-0.2, -0.15) is 0 Å². The lowest BCUT2D eigenvalue weighted by atomic mass is 9.78. The first-order valence-corrected chi connectivity index (χ1v) is 10.8. The maximum absolute atomic E-state index is 5.83. The Kier molecular flexibility index (Phi) is 13.7. The van der Waals surface area contributed by atoms with E-state index in [4.69, 9.17) is 9.47 Å². The van der Waals surface area contributed by atoms with E-state index < -0.39 is 0 Å². The van der Waals surface area contributed by atoms with E-state index in [0.29, 0.717) is 17.9 Å². The lowest BCUT2D eigenvalue weighted by Gasteiger charge is -2.32. The van der Waals surface area contributed by atoms with Crippen molar-refractivity contribution in [3.05, 3.63) is 0 Å². The predicted octanol–water partition coefficient (Wildman–Crippen LogP) is 4.21. The lowest BCUT2D eigenvalue weighted by Crippen LogP contribution is -2.46. The molecule has 0 aromatic heterocycles. The van der Waals surface area contributed by atoms with E-state index in [1.54, 1.807) is 0 Å². The van der Waals surface area contributed by atoms with Crippen LogP contribution in [-0.2, 0) is 9.47 Å². The van der Waals surface area contributed by atoms with Crippen LogP contribution in [0.2, 0.25) is 0 Å². The van der Waals surface area contributed by atoms with Crippen molar-refractivity contribution in [3.8, 4) is 0 Å². The molecule has 1 aliphatic carbocycles. The molecule has 1 aliphatic heterocycles. The van der Waals surface area contributed by atoms with E-state index in [1.165, 1.54) is 32.1 Å². The molecule has 1 saturated heterocycles. The summed E-state index contributed by atoms with van der Waals surface area (Å²) in [6, 6.07) is 0.453. The van der Waals surface area contributed by atoms with Gasteiger partial charge in [0, 0.05) is 46.1 Å². The minimum absolute atomic E-state index is 0. The molecular formula is C21H42IN3O2. The summed E-state index contributed by atoms with van der Waals surface area (Å²) in [7, 11) is 1.86. The molecule has 160 valence electrons. The van der Waals surface area contributed by atoms with Gasteiger partial charge in [0.1, 0.15) is 0 Å². The van der Waals surface area contributed by atoms with E-state index >= 15 is 0 Å². The molecule has 0 amide bonds. The number of nitrogens with zero attached hydrogens (tertiary/aromatic N) is 1. The highest BCUT2D eigenvalue weighted by molar-refractivity contribution is 14.0. The molecule has 0 aromatic rings. The van der Waals surface area contributed by atoms with Crippen molar-refractivity contribution in [3.63, 3.8) is 0 Å². The standard InChI is InChI=1S/C21H41N3O2.HI/c1-17(20-8-5-4-6-9-20)18(2)24-21(22-3)23-12-7-13-26-16-19-10-14-25-15-11-19;/h17-20H,4-16H2,1-3H3,(H2,22,23,24);1H. The molecule has 2 fully saturated rings. The van der Waals surface area contributed by atoms with E-state index in [1.807, 2.05) is 7.05 Å². The normalized spacial score (nSPS) is 22.0. The van der Waals surface area contributed by atoms with Crippen LogP contribution in [0.25, 0.3) is 0 Å². The fourth-order valence-corrected chi connectivity index (χ4v) is 4.15. The molecule has 2 rings (SSSR count). The predicted molar refractivity (Wildman–Crippen MR) is 124 cm³/mol. The highest BCUT2D eigenvalue weighted by atomic mass is 127. The van der Waals surface area contributed by atoms with Crippen molar-refractivity contribution in [2.24, 2.45) is 22.7 Å². The summed E-state index contributed by atoms with van der Waals surface area (Å²) < 4.78 is 11.2. The number of hydrogen-bond donors (Lipinski definition) is 2. The second-order valence-corrected chi connectivity index (χ2v) is 8.17. The largest absolute Gasteiger partial charge is 0.381 e. The van der Waals surface area contributed by atoms with Crippen molar-refractivity contribution in [1.29, 1.82) is 0 Å². The van der Waals surface area contributed by atoms with Gasteiger partial charge in [0.15, 0.2) is 5.96 Å². The van der Waals surface area contributed by atoms with Crippen LogP contribution in [0.15, 0.2) is 4.99 Å². The fraction of sp³-hybridized carbons (Fsp3) is 0.952. The molecule has 2 aliphatic rings. The Morgan fingerprint density at radius 1 is 1.11 bits per heavy atom. The zero-order valence-electron chi connectivity index (χ0n) is 17.7. The molecule has 2 unspecified atom stereocenters. The van der Waals surface area contributed by atoms with Gasteiger partial charge in [-0.1, -0.05) is 39.0 Å². The number of rotatable bonds is 9. The van der Waals surface area contributed by atoms with Gasteiger partial charge in [0.05, 0.1) is 0 Å². The molecule has 0 aromatic carbocycles. The molecule has 0 bridgehead atoms. The summed E-state index contributed by atoms with van der Waals surface area (Å²) in [5.41, 5.74) is 0. The summed E-state index contributed by atoms with van der Waals surface area (Å²) in [6.07, 6.45) is 10.3. The van der Waals surface area contributed by atoms with Gasteiger partial charge < -0.3 is 20.1 Å². The molecular weight excluding hydrogens is 453 g/mol. The summed E-state index contributed by atoms with van der Waals surface area (Å²) >= 11 is 0. The molecule has 5 nitrogen and oxygen atoms in total. The maximum Gasteiger partial charge on any atom is 0.191 e. The van der Waals surface area contributed by atoms with Gasteiger partial charge in [0.2, 0.25) is 0 Å². The summed E-state index contributed by atoms with van der Waals surface area (Å²) in [4.78, 5) is 4.39. The van der Waals surface area contributed by atoms with Gasteiger partial charge in [-0.05, 0) is 43.9 Å². The van der Waals surface area contributed by atoms with Gasteiger partial charge in [0.25, 0.3) is 0 Å². The third-order valence-corrected chi connectivity index (χ3v) is 6.22. The zero-order chi connectivity index (χ0) is 18.6. The van der Waals surface area contributed by atoms with Crippen LogP contribution < -0.4 is 10.6 Å². The van der Waals surface area contributed by atoms with E-state index in [2.05, 4.69) is 29.5 Å². The van der Waals surface area contributed by atoms with Crippen molar-refractivity contribution >= 4 is 29.9 Å². The van der Waals surface area contributed by atoms with Crippen LogP contribution in [0.1, 0.15) is 65.2 Å². The number of hydrogen-bond acceptors (Lipinski definition) is 3. The smallest absolute Gasteiger partial charge is 0.191 e. The third-order valence-electron chi connectivity index (χ3n) is 6.22. The maximum atomic E-state index is 5.83. The number of guanidine groups is 1. The number of aliphatic imine (C=N–C) groups is 1. The zero-order valence-corrected chi connectivity index (χ0v) is 20.0. The lowest BCUT2D eigenvalue weighted by molar-refractivity contribution is 0.0203. The van der Waals surface area contributed by atoms with Gasteiger partial charge in [-0.3, -0.25) is 4.99 Å². The van der Waals surface area contributed by atoms with Gasteiger partial charge in [-0.15, -0.1) is 24.0 Å². The summed E-state index contributed by atoms with van der Waals surface area (Å²) in [5, 5.41) is 7.03. The van der Waals surface area contributed by atoms with Crippen molar-refractivity contribution in [2.75, 3.05) is 40.0 Å². The number of nitrogens with one attached hydrogen (secondary N) is 2. The van der Waals surface area contributed by atoms with Crippen LogP contribution in [-0.4, -0.2) is 52.0 Å². The molecule has 0 spiro atoms. The molecule has 2 atom stereocenters. The third kappa shape index (κ3) is 9.79. The Hall–Kier alpha value is -0.0800. The first-order valence-electron chi connectivity index (χ1n) is 10.8. The molecule has 1 saturated carbocycles. The monoisotopic (exact) mass is 495 g/mol. The van der Waals surface area contributed by atoms with Gasteiger partial charge in [-0.25, -0.2) is 0 Å². The van der Waals surface area contributed by atoms with E-state index in [-0.39, 0.29) is 24.0 Å². The fourth-order valence-electron chi connectivity index (χ4n) is 4.15. The minimum atomic E-state index is 0. The SMILES string of the molecule is CN=C(NCCCOCC1CCOCC1)NC(C)C(C)C1CCCCC1.I. The first-order chi connectivity index (χ1) is 12.7. The van der Waals surface area contributed by atoms with Crippen LogP contribution >= 0.6 is 24.0 Å². The van der Waals surface area contributed by atoms with Crippen LogP contribution in [0.4, 0.5) is 0 Å². The highest BCUT2D eigenvalue weighted by Gasteiger charge is 2.24. The van der Waals surface area contributed by atoms with Crippen LogP contribution in [0.5, 0.6) is 0 Å². The molecule has 6 heteroatoms. The van der Waals surface area contributed by atoms with Gasteiger partial charge >= 0.3 is 0 Å². The van der Waals surface area contributed by atoms with Crippen molar-refractivity contribution < 1.29 is 9.47 Å². The Bertz CT molecular complexity index is 397. The Labute approximate surface area is 183 Å². The van der Waals surface area contributed by atoms with Crippen LogP contribution in [0.3, 0.4) is 0 Å². The van der Waals surface area contributed by atoms with E-state index in [0.717, 1.165) is 64.1 Å². The van der Waals surface area contributed by atoms with Crippen LogP contribution in [0, 0.1) is 17.8 Å². The molecule has 27 heavy (non-hydrogen) atoms. The minimum Gasteiger partial charge on any atom is -0.381 e. The summed E-state index contributed by atoms with van der Waals surface area (Å²) in [5.74, 6) is 3.16. The highest BCUT2D eigenvalue weighted by Crippen LogP contribution is 2.31. The molecule has 1 heterocycles. The average Bonchev–Trinajstić information content (AvgIpc) is 2.70. The first kappa shape index (κ1) is 25.0. The number of halogens is 1. The quantitative estimate of drug-likeness (QED) is 0.218. The Morgan fingerprint density at radius 2 is 1.81 bits per heavy atom. The summed E-state index contributed by atoms with van der Waals surface area (Å²) in [6.45, 7) is 9.08. The Balaban J connectivity index is 0.00000364. The molecule has 2 N–H and O–H groups in total. The average molecular weight is 495 g/mol. The second kappa shape index (κ2) is 14.9. The van der Waals surface area contributed by atoms with E-state index in [9.17, 15) is 0 Å².